The second-order valence-corrected chi connectivity index (χ2v) is 12.4. The molecule has 0 bridgehead atoms. The van der Waals surface area contributed by atoms with E-state index >= 15 is 0 Å². The lowest BCUT2D eigenvalue weighted by atomic mass is 9.94. The maximum atomic E-state index is 13.9. The van der Waals surface area contributed by atoms with Crippen LogP contribution in [0, 0.1) is 6.92 Å². The van der Waals surface area contributed by atoms with Crippen molar-refractivity contribution in [3.05, 3.63) is 74.4 Å². The first-order valence-corrected chi connectivity index (χ1v) is 15.3. The number of halogens is 1. The summed E-state index contributed by atoms with van der Waals surface area (Å²) < 4.78 is 11.8. The van der Waals surface area contributed by atoms with Gasteiger partial charge in [-0.1, -0.05) is 41.3 Å². The zero-order valence-corrected chi connectivity index (χ0v) is 25.9. The van der Waals surface area contributed by atoms with E-state index in [4.69, 9.17) is 9.47 Å². The normalized spacial score (nSPS) is 13.5. The zero-order valence-electron chi connectivity index (χ0n) is 23.5. The molecule has 3 aromatic rings. The second-order valence-electron chi connectivity index (χ2n) is 10.1. The van der Waals surface area contributed by atoms with Gasteiger partial charge in [0.15, 0.2) is 11.5 Å². The van der Waals surface area contributed by atoms with Crippen LogP contribution in [-0.2, 0) is 17.8 Å². The maximum absolute atomic E-state index is 13.9. The lowest BCUT2D eigenvalue weighted by molar-refractivity contribution is -0.132. The Kier molecular flexibility index (Phi) is 10.9. The highest BCUT2D eigenvalue weighted by atomic mass is 79.9. The van der Waals surface area contributed by atoms with Crippen molar-refractivity contribution in [2.45, 2.75) is 58.0 Å². The molecule has 3 amide bonds. The zero-order chi connectivity index (χ0) is 28.5. The highest BCUT2D eigenvalue weighted by Gasteiger charge is 2.29. The molecule has 4 rings (SSSR count). The summed E-state index contributed by atoms with van der Waals surface area (Å²) in [5, 5.41) is 3.02. The minimum absolute atomic E-state index is 0.0450. The molecule has 0 aliphatic heterocycles. The number of carbonyl (C=O) groups is 2. The minimum Gasteiger partial charge on any atom is -0.493 e. The van der Waals surface area contributed by atoms with Crippen LogP contribution in [-0.4, -0.2) is 55.1 Å². The Labute approximate surface area is 249 Å². The quantitative estimate of drug-likeness (QED) is 0.243. The van der Waals surface area contributed by atoms with Crippen LogP contribution < -0.4 is 14.8 Å². The molecule has 1 N–H and O–H groups in total. The molecule has 1 fully saturated rings. The van der Waals surface area contributed by atoms with Crippen LogP contribution in [0.25, 0.3) is 0 Å². The van der Waals surface area contributed by atoms with E-state index in [9.17, 15) is 9.59 Å². The molecule has 1 aliphatic rings. The van der Waals surface area contributed by atoms with Crippen molar-refractivity contribution in [2.24, 2.45) is 0 Å². The van der Waals surface area contributed by atoms with E-state index in [0.29, 0.717) is 36.7 Å². The van der Waals surface area contributed by atoms with Crippen molar-refractivity contribution in [3.63, 3.8) is 0 Å². The molecule has 0 saturated heterocycles. The smallest absolute Gasteiger partial charge is 0.322 e. The summed E-state index contributed by atoms with van der Waals surface area (Å²) in [6.07, 6.45) is 5.79. The van der Waals surface area contributed by atoms with Crippen LogP contribution in [0.15, 0.2) is 59.1 Å². The van der Waals surface area contributed by atoms with Gasteiger partial charge in [-0.2, -0.15) is 0 Å². The van der Waals surface area contributed by atoms with Crippen LogP contribution in [0.1, 0.15) is 47.4 Å². The molecule has 7 nitrogen and oxygen atoms in total. The van der Waals surface area contributed by atoms with Gasteiger partial charge in [-0.15, -0.1) is 11.3 Å². The number of thiophene rings is 1. The fourth-order valence-electron chi connectivity index (χ4n) is 5.08. The monoisotopic (exact) mass is 627 g/mol. The predicted molar refractivity (Wildman–Crippen MR) is 164 cm³/mol. The van der Waals surface area contributed by atoms with E-state index in [1.807, 2.05) is 47.4 Å². The summed E-state index contributed by atoms with van der Waals surface area (Å²) in [7, 11) is 3.24. The molecule has 1 aliphatic carbocycles. The predicted octanol–water partition coefficient (Wildman–Crippen LogP) is 7.27. The fraction of sp³-hybridized carbons (Fsp3) is 0.419. The van der Waals surface area contributed by atoms with Gasteiger partial charge in [0.2, 0.25) is 5.91 Å². The number of aryl methyl sites for hydroxylation is 1. The molecular formula is C31H38BrN3O4S. The van der Waals surface area contributed by atoms with Gasteiger partial charge >= 0.3 is 6.03 Å². The van der Waals surface area contributed by atoms with E-state index in [-0.39, 0.29) is 24.5 Å². The molecule has 2 aromatic carbocycles. The molecule has 1 saturated carbocycles. The summed E-state index contributed by atoms with van der Waals surface area (Å²) in [6, 6.07) is 17.3. The number of amides is 3. The highest BCUT2D eigenvalue weighted by Crippen LogP contribution is 2.28. The Morgan fingerprint density at radius 1 is 0.975 bits per heavy atom. The van der Waals surface area contributed by atoms with E-state index in [1.165, 1.54) is 11.3 Å². The third kappa shape index (κ3) is 8.24. The van der Waals surface area contributed by atoms with Gasteiger partial charge < -0.3 is 24.6 Å². The van der Waals surface area contributed by atoms with Crippen molar-refractivity contribution < 1.29 is 19.1 Å². The molecule has 214 valence electrons. The van der Waals surface area contributed by atoms with Crippen LogP contribution in [0.2, 0.25) is 0 Å². The Morgan fingerprint density at radius 3 is 2.35 bits per heavy atom. The summed E-state index contributed by atoms with van der Waals surface area (Å²) in [4.78, 5) is 33.4. The van der Waals surface area contributed by atoms with Crippen LogP contribution in [0.5, 0.6) is 11.5 Å². The third-order valence-electron chi connectivity index (χ3n) is 7.29. The van der Waals surface area contributed by atoms with Gasteiger partial charge in [0.05, 0.1) is 20.8 Å². The number of methoxy groups -OCH3 is 2. The standard InChI is InChI=1S/C31H38BrN3O4S/c1-22-9-15-27(40-22)20-34(18-17-23-10-16-28(38-2)29(19-23)39-3)30(36)21-35(26-7-5-4-6-8-26)31(37)33-25-13-11-24(32)12-14-25/h9-16,19,26H,4-8,17-18,20-21H2,1-3H3,(H,33,37). The van der Waals surface area contributed by atoms with E-state index in [0.717, 1.165) is 40.6 Å². The van der Waals surface area contributed by atoms with E-state index < -0.39 is 0 Å². The van der Waals surface area contributed by atoms with Gasteiger partial charge in [0.25, 0.3) is 0 Å². The second kappa shape index (κ2) is 14.6. The molecule has 40 heavy (non-hydrogen) atoms. The van der Waals surface area contributed by atoms with Gasteiger partial charge in [0.1, 0.15) is 6.54 Å². The summed E-state index contributed by atoms with van der Waals surface area (Å²) in [6.45, 7) is 3.15. The van der Waals surface area contributed by atoms with Gasteiger partial charge in [-0.05, 0) is 80.3 Å². The first-order chi connectivity index (χ1) is 19.4. The molecule has 0 unspecified atom stereocenters. The molecule has 1 heterocycles. The number of nitrogens with zero attached hydrogens (tertiary/aromatic N) is 2. The minimum atomic E-state index is -0.227. The van der Waals surface area contributed by atoms with Gasteiger partial charge in [0, 0.05) is 32.5 Å². The van der Waals surface area contributed by atoms with Crippen LogP contribution in [0.4, 0.5) is 10.5 Å². The number of anilines is 1. The summed E-state index contributed by atoms with van der Waals surface area (Å²) >= 11 is 5.14. The van der Waals surface area contributed by atoms with Gasteiger partial charge in [-0.25, -0.2) is 4.79 Å². The fourth-order valence-corrected chi connectivity index (χ4v) is 6.25. The third-order valence-corrected chi connectivity index (χ3v) is 8.81. The molecule has 1 aromatic heterocycles. The van der Waals surface area contributed by atoms with E-state index in [2.05, 4.69) is 40.3 Å². The molecule has 0 radical (unpaired) electrons. The van der Waals surface area contributed by atoms with Crippen molar-refractivity contribution in [3.8, 4) is 11.5 Å². The van der Waals surface area contributed by atoms with Gasteiger partial charge in [-0.3, -0.25) is 4.79 Å². The number of hydrogen-bond acceptors (Lipinski definition) is 5. The average molecular weight is 629 g/mol. The number of urea groups is 1. The SMILES string of the molecule is COc1ccc(CCN(Cc2ccc(C)s2)C(=O)CN(C(=O)Nc2ccc(Br)cc2)C2CCCCC2)cc1OC. The molecule has 0 atom stereocenters. The first kappa shape index (κ1) is 29.9. The van der Waals surface area contributed by atoms with Crippen LogP contribution >= 0.6 is 27.3 Å². The lowest BCUT2D eigenvalue weighted by Crippen LogP contribution is -2.49. The Morgan fingerprint density at radius 2 is 1.70 bits per heavy atom. The number of nitrogens with one attached hydrogen (secondary N) is 1. The number of carbonyl (C=O) groups excluding carboxylic acids is 2. The largest absolute Gasteiger partial charge is 0.493 e. The highest BCUT2D eigenvalue weighted by molar-refractivity contribution is 9.10. The van der Waals surface area contributed by atoms with E-state index in [1.54, 1.807) is 30.5 Å². The number of ether oxygens (including phenoxy) is 2. The molecule has 0 spiro atoms. The number of hydrogen-bond donors (Lipinski definition) is 1. The summed E-state index contributed by atoms with van der Waals surface area (Å²) in [5.74, 6) is 1.29. The Bertz CT molecular complexity index is 1270. The van der Waals surface area contributed by atoms with Crippen molar-refractivity contribution in [2.75, 3.05) is 32.6 Å². The number of benzene rings is 2. The van der Waals surface area contributed by atoms with Crippen LogP contribution in [0.3, 0.4) is 0 Å². The van der Waals surface area contributed by atoms with Crippen molar-refractivity contribution in [1.82, 2.24) is 9.80 Å². The molecular weight excluding hydrogens is 590 g/mol. The van der Waals surface area contributed by atoms with Crippen molar-refractivity contribution in [1.29, 1.82) is 0 Å². The average Bonchev–Trinajstić information content (AvgIpc) is 3.39. The molecule has 9 heteroatoms. The Balaban J connectivity index is 1.52. The summed E-state index contributed by atoms with van der Waals surface area (Å²) in [5.41, 5.74) is 1.76. The lowest BCUT2D eigenvalue weighted by Gasteiger charge is -2.35. The Hall–Kier alpha value is -3.04. The maximum Gasteiger partial charge on any atom is 0.322 e. The topological polar surface area (TPSA) is 71.1 Å². The van der Waals surface area contributed by atoms with Crippen molar-refractivity contribution >= 4 is 44.9 Å². The first-order valence-electron chi connectivity index (χ1n) is 13.7. The number of rotatable bonds is 11.